The topological polar surface area (TPSA) is 52.6 Å². The first-order valence-corrected chi connectivity index (χ1v) is 5.93. The summed E-state index contributed by atoms with van der Waals surface area (Å²) in [5, 5.41) is 11.9. The number of β-amino-alcohol motifs (C(OH)–C–C–N with tert-alkyl or cyclic N) is 1. The van der Waals surface area contributed by atoms with E-state index >= 15 is 0 Å². The molecule has 2 rings (SSSR count). The normalized spacial score (nSPS) is 33.0. The molecular formula is C11H20N2O2. The summed E-state index contributed by atoms with van der Waals surface area (Å²) in [5.41, 5.74) is 0. The molecule has 2 heterocycles. The van der Waals surface area contributed by atoms with Crippen LogP contribution in [0.5, 0.6) is 0 Å². The third-order valence-electron chi connectivity index (χ3n) is 3.60. The predicted molar refractivity (Wildman–Crippen MR) is 57.4 cm³/mol. The third-order valence-corrected chi connectivity index (χ3v) is 3.60. The number of amides is 1. The van der Waals surface area contributed by atoms with Crippen LogP contribution in [0.4, 0.5) is 0 Å². The van der Waals surface area contributed by atoms with Gasteiger partial charge in [0.15, 0.2) is 0 Å². The lowest BCUT2D eigenvalue weighted by Crippen LogP contribution is -2.46. The van der Waals surface area contributed by atoms with Crippen molar-refractivity contribution < 1.29 is 9.90 Å². The molecule has 86 valence electrons. The van der Waals surface area contributed by atoms with Crippen LogP contribution in [-0.2, 0) is 4.79 Å². The number of hydrogen-bond donors (Lipinski definition) is 2. The first-order chi connectivity index (χ1) is 7.31. The Kier molecular flexibility index (Phi) is 3.59. The minimum atomic E-state index is 0.189. The van der Waals surface area contributed by atoms with E-state index in [1.807, 2.05) is 0 Å². The van der Waals surface area contributed by atoms with Gasteiger partial charge in [-0.1, -0.05) is 6.42 Å². The molecule has 15 heavy (non-hydrogen) atoms. The number of piperidine rings is 1. The summed E-state index contributed by atoms with van der Waals surface area (Å²) in [6, 6.07) is 0.504. The van der Waals surface area contributed by atoms with Gasteiger partial charge in [0.05, 0.1) is 6.61 Å². The zero-order valence-electron chi connectivity index (χ0n) is 9.11. The first kappa shape index (κ1) is 10.9. The van der Waals surface area contributed by atoms with Crippen LogP contribution < -0.4 is 5.32 Å². The van der Waals surface area contributed by atoms with Gasteiger partial charge in [-0.3, -0.25) is 9.69 Å². The molecular weight excluding hydrogens is 192 g/mol. The van der Waals surface area contributed by atoms with Crippen LogP contribution >= 0.6 is 0 Å². The molecule has 0 saturated carbocycles. The van der Waals surface area contributed by atoms with Gasteiger partial charge in [-0.15, -0.1) is 0 Å². The molecule has 2 N–H and O–H groups in total. The summed E-state index contributed by atoms with van der Waals surface area (Å²) in [7, 11) is 0. The van der Waals surface area contributed by atoms with Gasteiger partial charge in [-0.2, -0.15) is 0 Å². The Hall–Kier alpha value is -0.610. The second kappa shape index (κ2) is 4.94. The van der Waals surface area contributed by atoms with Crippen LogP contribution in [0.25, 0.3) is 0 Å². The van der Waals surface area contributed by atoms with E-state index in [1.54, 1.807) is 0 Å². The van der Waals surface area contributed by atoms with Crippen LogP contribution in [0.3, 0.4) is 0 Å². The quantitative estimate of drug-likeness (QED) is 0.690. The van der Waals surface area contributed by atoms with Crippen LogP contribution in [0.1, 0.15) is 25.7 Å². The van der Waals surface area contributed by atoms with E-state index in [0.717, 1.165) is 19.6 Å². The molecule has 2 aliphatic heterocycles. The second-order valence-electron chi connectivity index (χ2n) is 4.59. The van der Waals surface area contributed by atoms with Crippen molar-refractivity contribution in [2.45, 2.75) is 31.7 Å². The average Bonchev–Trinajstić information content (AvgIpc) is 2.66. The van der Waals surface area contributed by atoms with E-state index in [9.17, 15) is 4.79 Å². The maximum atomic E-state index is 11.2. The highest BCUT2D eigenvalue weighted by molar-refractivity contribution is 5.78. The van der Waals surface area contributed by atoms with E-state index in [4.69, 9.17) is 5.11 Å². The first-order valence-electron chi connectivity index (χ1n) is 5.93. The standard InChI is InChI=1S/C11H20N2O2/c14-6-5-13-4-2-1-3-10(13)9-7-11(15)12-8-9/h9-10,14H,1-8H2,(H,12,15). The Labute approximate surface area is 90.6 Å². The minimum absolute atomic E-state index is 0.189. The molecule has 4 nitrogen and oxygen atoms in total. The largest absolute Gasteiger partial charge is 0.395 e. The average molecular weight is 212 g/mol. The predicted octanol–water partition coefficient (Wildman–Crippen LogP) is -0.0307. The van der Waals surface area contributed by atoms with Crippen molar-refractivity contribution in [2.75, 3.05) is 26.2 Å². The summed E-state index contributed by atoms with van der Waals surface area (Å²) in [6.07, 6.45) is 4.34. The SMILES string of the molecule is O=C1CC(C2CCCCN2CCO)CN1. The summed E-state index contributed by atoms with van der Waals surface area (Å²) >= 11 is 0. The van der Waals surface area contributed by atoms with E-state index in [0.29, 0.717) is 18.4 Å². The Morgan fingerprint density at radius 1 is 1.47 bits per heavy atom. The highest BCUT2D eigenvalue weighted by Gasteiger charge is 2.34. The highest BCUT2D eigenvalue weighted by atomic mass is 16.3. The van der Waals surface area contributed by atoms with Crippen LogP contribution in [0.2, 0.25) is 0 Å². The van der Waals surface area contributed by atoms with E-state index in [2.05, 4.69) is 10.2 Å². The summed E-state index contributed by atoms with van der Waals surface area (Å²) in [5.74, 6) is 0.652. The van der Waals surface area contributed by atoms with Gasteiger partial charge < -0.3 is 10.4 Å². The van der Waals surface area contributed by atoms with Crippen LogP contribution in [0, 0.1) is 5.92 Å². The maximum Gasteiger partial charge on any atom is 0.220 e. The number of aliphatic hydroxyl groups is 1. The lowest BCUT2D eigenvalue weighted by molar-refractivity contribution is -0.119. The fourth-order valence-electron chi connectivity index (χ4n) is 2.86. The van der Waals surface area contributed by atoms with Gasteiger partial charge in [0.2, 0.25) is 5.91 Å². The molecule has 0 aromatic carbocycles. The lowest BCUT2D eigenvalue weighted by Gasteiger charge is -2.38. The molecule has 0 aromatic heterocycles. The van der Waals surface area contributed by atoms with Crippen LogP contribution in [-0.4, -0.2) is 48.2 Å². The number of hydrogen-bond acceptors (Lipinski definition) is 3. The number of nitrogens with one attached hydrogen (secondary N) is 1. The molecule has 0 radical (unpaired) electrons. The molecule has 0 spiro atoms. The molecule has 2 atom stereocenters. The molecule has 2 unspecified atom stereocenters. The van der Waals surface area contributed by atoms with Crippen molar-refractivity contribution in [3.8, 4) is 0 Å². The van der Waals surface area contributed by atoms with Gasteiger partial charge in [-0.05, 0) is 19.4 Å². The zero-order chi connectivity index (χ0) is 10.7. The number of aliphatic hydroxyl groups excluding tert-OH is 1. The second-order valence-corrected chi connectivity index (χ2v) is 4.59. The van der Waals surface area contributed by atoms with Gasteiger partial charge in [0, 0.05) is 31.5 Å². The van der Waals surface area contributed by atoms with Gasteiger partial charge in [0.25, 0.3) is 0 Å². The number of carbonyl (C=O) groups excluding carboxylic acids is 1. The molecule has 1 amide bonds. The number of carbonyl (C=O) groups is 1. The fraction of sp³-hybridized carbons (Fsp3) is 0.909. The lowest BCUT2D eigenvalue weighted by atomic mass is 9.89. The Balaban J connectivity index is 1.94. The minimum Gasteiger partial charge on any atom is -0.395 e. The van der Waals surface area contributed by atoms with Gasteiger partial charge in [-0.25, -0.2) is 0 Å². The zero-order valence-corrected chi connectivity index (χ0v) is 9.11. The third kappa shape index (κ3) is 2.49. The van der Waals surface area contributed by atoms with Crippen LogP contribution in [0.15, 0.2) is 0 Å². The molecule has 2 aliphatic rings. The van der Waals surface area contributed by atoms with Crippen molar-refractivity contribution in [3.05, 3.63) is 0 Å². The number of rotatable bonds is 3. The van der Waals surface area contributed by atoms with Crippen molar-refractivity contribution in [3.63, 3.8) is 0 Å². The van der Waals surface area contributed by atoms with E-state index in [-0.39, 0.29) is 12.5 Å². The Morgan fingerprint density at radius 2 is 2.33 bits per heavy atom. The number of likely N-dealkylation sites (tertiary alicyclic amines) is 1. The van der Waals surface area contributed by atoms with E-state index < -0.39 is 0 Å². The number of nitrogens with zero attached hydrogens (tertiary/aromatic N) is 1. The van der Waals surface area contributed by atoms with Crippen molar-refractivity contribution in [1.82, 2.24) is 10.2 Å². The summed E-state index contributed by atoms with van der Waals surface area (Å²) in [4.78, 5) is 13.5. The fourth-order valence-corrected chi connectivity index (χ4v) is 2.86. The summed E-state index contributed by atoms with van der Waals surface area (Å²) < 4.78 is 0. The van der Waals surface area contributed by atoms with Gasteiger partial charge in [0.1, 0.15) is 0 Å². The molecule has 2 fully saturated rings. The van der Waals surface area contributed by atoms with Crippen molar-refractivity contribution in [1.29, 1.82) is 0 Å². The van der Waals surface area contributed by atoms with E-state index in [1.165, 1.54) is 19.3 Å². The highest BCUT2D eigenvalue weighted by Crippen LogP contribution is 2.26. The molecule has 0 aliphatic carbocycles. The van der Waals surface area contributed by atoms with Crippen molar-refractivity contribution >= 4 is 5.91 Å². The maximum absolute atomic E-state index is 11.2. The van der Waals surface area contributed by atoms with Gasteiger partial charge >= 0.3 is 0 Å². The molecule has 2 saturated heterocycles. The Morgan fingerprint density at radius 3 is 3.00 bits per heavy atom. The molecule has 0 bridgehead atoms. The monoisotopic (exact) mass is 212 g/mol. The summed E-state index contributed by atoms with van der Waals surface area (Å²) in [6.45, 7) is 2.89. The smallest absolute Gasteiger partial charge is 0.220 e. The van der Waals surface area contributed by atoms with Crippen molar-refractivity contribution in [2.24, 2.45) is 5.92 Å². The Bertz CT molecular complexity index is 231. The molecule has 4 heteroatoms. The molecule has 0 aromatic rings.